The molecule has 0 spiro atoms. The predicted molar refractivity (Wildman–Crippen MR) is 88.4 cm³/mol. The van der Waals surface area contributed by atoms with Gasteiger partial charge in [-0.25, -0.2) is 0 Å². The van der Waals surface area contributed by atoms with Crippen molar-refractivity contribution in [2.75, 3.05) is 5.73 Å². The van der Waals surface area contributed by atoms with Gasteiger partial charge in [-0.05, 0) is 34.9 Å². The molecule has 0 aliphatic heterocycles. The highest BCUT2D eigenvalue weighted by Crippen LogP contribution is 2.47. The largest absolute Gasteiger partial charge is 0.394 e. The molecule has 2 N–H and O–H groups in total. The number of hydrogen-bond acceptors (Lipinski definition) is 3. The summed E-state index contributed by atoms with van der Waals surface area (Å²) in [4.78, 5) is 0. The zero-order chi connectivity index (χ0) is 15.2. The van der Waals surface area contributed by atoms with E-state index in [0.717, 1.165) is 5.56 Å². The Morgan fingerprint density at radius 2 is 1.45 bits per heavy atom. The molecule has 0 radical (unpaired) electrons. The van der Waals surface area contributed by atoms with Gasteiger partial charge in [-0.15, -0.1) is 0 Å². The number of nitrogen functional groups attached to an aromatic ring is 1. The summed E-state index contributed by atoms with van der Waals surface area (Å²) in [6.45, 7) is 2.33. The van der Waals surface area contributed by atoms with E-state index >= 15 is 0 Å². The van der Waals surface area contributed by atoms with Gasteiger partial charge in [0.15, 0.2) is 5.76 Å². The van der Waals surface area contributed by atoms with Gasteiger partial charge in [0.05, 0.1) is 6.20 Å². The van der Waals surface area contributed by atoms with Gasteiger partial charge in [-0.3, -0.25) is 0 Å². The Morgan fingerprint density at radius 3 is 1.95 bits per heavy atom. The molecule has 4 rings (SSSR count). The van der Waals surface area contributed by atoms with Crippen LogP contribution >= 0.6 is 0 Å². The van der Waals surface area contributed by atoms with Gasteiger partial charge in [0.2, 0.25) is 0 Å². The van der Waals surface area contributed by atoms with Crippen LogP contribution in [0.25, 0.3) is 22.5 Å². The quantitative estimate of drug-likeness (QED) is 0.764. The summed E-state index contributed by atoms with van der Waals surface area (Å²) >= 11 is 0. The molecule has 1 aromatic heterocycles. The van der Waals surface area contributed by atoms with Crippen LogP contribution in [0.4, 0.5) is 5.69 Å². The first kappa shape index (κ1) is 13.1. The van der Waals surface area contributed by atoms with Crippen LogP contribution in [0.1, 0.15) is 25.3 Å². The fourth-order valence-corrected chi connectivity index (χ4v) is 2.82. The van der Waals surface area contributed by atoms with Crippen LogP contribution in [-0.2, 0) is 5.41 Å². The van der Waals surface area contributed by atoms with Crippen molar-refractivity contribution >= 4 is 5.69 Å². The minimum Gasteiger partial charge on any atom is -0.394 e. The number of aromatic nitrogens is 1. The number of rotatable bonds is 3. The van der Waals surface area contributed by atoms with E-state index in [9.17, 15) is 0 Å². The first-order valence-electron chi connectivity index (χ1n) is 7.57. The molecule has 1 aliphatic carbocycles. The first-order chi connectivity index (χ1) is 10.7. The van der Waals surface area contributed by atoms with Crippen LogP contribution < -0.4 is 5.73 Å². The van der Waals surface area contributed by atoms with Crippen molar-refractivity contribution in [3.63, 3.8) is 0 Å². The van der Waals surface area contributed by atoms with Gasteiger partial charge < -0.3 is 10.3 Å². The molecule has 22 heavy (non-hydrogen) atoms. The molecule has 2 aromatic carbocycles. The number of hydrogen-bond donors (Lipinski definition) is 1. The highest BCUT2D eigenvalue weighted by Gasteiger charge is 2.38. The summed E-state index contributed by atoms with van der Waals surface area (Å²) in [7, 11) is 0. The average molecular weight is 290 g/mol. The first-order valence-corrected chi connectivity index (χ1v) is 7.57. The van der Waals surface area contributed by atoms with E-state index in [4.69, 9.17) is 10.3 Å². The van der Waals surface area contributed by atoms with Crippen molar-refractivity contribution in [3.05, 3.63) is 60.3 Å². The molecule has 0 saturated heterocycles. The Labute approximate surface area is 129 Å². The standard InChI is InChI=1S/C19H18N2O/c1-19(10-11-19)16-8-6-14(7-9-16)13-2-4-15(5-3-13)18-17(20)12-21-22-18/h2-9,12H,10-11,20H2,1H3. The minimum absolute atomic E-state index is 0.423. The number of benzene rings is 2. The lowest BCUT2D eigenvalue weighted by Crippen LogP contribution is -1.98. The highest BCUT2D eigenvalue weighted by molar-refractivity contribution is 5.73. The summed E-state index contributed by atoms with van der Waals surface area (Å²) < 4.78 is 5.18. The van der Waals surface area contributed by atoms with Crippen LogP contribution in [0.15, 0.2) is 59.3 Å². The number of anilines is 1. The van der Waals surface area contributed by atoms with Crippen molar-refractivity contribution in [2.45, 2.75) is 25.2 Å². The topological polar surface area (TPSA) is 52.0 Å². The van der Waals surface area contributed by atoms with Crippen LogP contribution in [0.2, 0.25) is 0 Å². The molecule has 0 atom stereocenters. The third-order valence-corrected chi connectivity index (χ3v) is 4.66. The van der Waals surface area contributed by atoms with Crippen LogP contribution in [0, 0.1) is 0 Å². The molecule has 0 bridgehead atoms. The van der Waals surface area contributed by atoms with Crippen molar-refractivity contribution in [1.29, 1.82) is 0 Å². The third-order valence-electron chi connectivity index (χ3n) is 4.66. The molecule has 0 amide bonds. The van der Waals surface area contributed by atoms with Crippen LogP contribution in [-0.4, -0.2) is 5.16 Å². The van der Waals surface area contributed by atoms with Crippen molar-refractivity contribution in [2.24, 2.45) is 0 Å². The number of nitrogens with two attached hydrogens (primary N) is 1. The Morgan fingerprint density at radius 1 is 0.909 bits per heavy atom. The smallest absolute Gasteiger partial charge is 0.189 e. The summed E-state index contributed by atoms with van der Waals surface area (Å²) in [5.41, 5.74) is 11.6. The molecule has 1 fully saturated rings. The average Bonchev–Trinajstić information content (AvgIpc) is 3.16. The Bertz CT molecular complexity index is 796. The molecule has 3 heteroatoms. The lowest BCUT2D eigenvalue weighted by molar-refractivity contribution is 0.432. The van der Waals surface area contributed by atoms with Gasteiger partial charge in [0.1, 0.15) is 5.69 Å². The lowest BCUT2D eigenvalue weighted by Gasteiger charge is -2.10. The van der Waals surface area contributed by atoms with E-state index < -0.39 is 0 Å². The molecule has 110 valence electrons. The zero-order valence-corrected chi connectivity index (χ0v) is 12.5. The van der Waals surface area contributed by atoms with E-state index in [1.807, 2.05) is 12.1 Å². The summed E-state index contributed by atoms with van der Waals surface area (Å²) in [6, 6.07) is 17.1. The van der Waals surface area contributed by atoms with E-state index in [0.29, 0.717) is 16.9 Å². The van der Waals surface area contributed by atoms with Gasteiger partial charge >= 0.3 is 0 Å². The van der Waals surface area contributed by atoms with Gasteiger partial charge in [-0.1, -0.05) is 60.6 Å². The molecule has 3 nitrogen and oxygen atoms in total. The molecule has 1 aliphatic rings. The third kappa shape index (κ3) is 2.19. The fourth-order valence-electron chi connectivity index (χ4n) is 2.82. The molecule has 1 saturated carbocycles. The van der Waals surface area contributed by atoms with Crippen LogP contribution in [0.5, 0.6) is 0 Å². The Hall–Kier alpha value is -2.55. The minimum atomic E-state index is 0.423. The number of nitrogens with zero attached hydrogens (tertiary/aromatic N) is 1. The van der Waals surface area contributed by atoms with Crippen molar-refractivity contribution < 1.29 is 4.52 Å². The van der Waals surface area contributed by atoms with Gasteiger partial charge in [-0.2, -0.15) is 0 Å². The van der Waals surface area contributed by atoms with E-state index in [2.05, 4.69) is 48.5 Å². The molecule has 0 unspecified atom stereocenters. The summed E-state index contributed by atoms with van der Waals surface area (Å²) in [5, 5.41) is 3.72. The Kier molecular flexibility index (Phi) is 2.83. The van der Waals surface area contributed by atoms with Crippen molar-refractivity contribution in [1.82, 2.24) is 5.16 Å². The predicted octanol–water partition coefficient (Wildman–Crippen LogP) is 4.64. The SMILES string of the molecule is CC1(c2ccc(-c3ccc(-c4oncc4N)cc3)cc2)CC1. The second-order valence-electron chi connectivity index (χ2n) is 6.33. The summed E-state index contributed by atoms with van der Waals surface area (Å²) in [5.74, 6) is 0.628. The highest BCUT2D eigenvalue weighted by atomic mass is 16.5. The molecule has 1 heterocycles. The second-order valence-corrected chi connectivity index (χ2v) is 6.33. The van der Waals surface area contributed by atoms with Gasteiger partial charge in [0, 0.05) is 5.56 Å². The van der Waals surface area contributed by atoms with Crippen molar-refractivity contribution in [3.8, 4) is 22.5 Å². The summed E-state index contributed by atoms with van der Waals surface area (Å²) in [6.07, 6.45) is 4.14. The fraction of sp³-hybridized carbons (Fsp3) is 0.211. The maximum atomic E-state index is 5.83. The molecular weight excluding hydrogens is 272 g/mol. The second kappa shape index (κ2) is 4.73. The molecule has 3 aromatic rings. The Balaban J connectivity index is 1.62. The lowest BCUT2D eigenvalue weighted by atomic mass is 9.95. The maximum Gasteiger partial charge on any atom is 0.189 e. The van der Waals surface area contributed by atoms with E-state index in [1.165, 1.54) is 35.7 Å². The van der Waals surface area contributed by atoms with Gasteiger partial charge in [0.25, 0.3) is 0 Å². The van der Waals surface area contributed by atoms with Crippen LogP contribution in [0.3, 0.4) is 0 Å². The molecular formula is C19H18N2O. The zero-order valence-electron chi connectivity index (χ0n) is 12.5. The normalized spacial score (nSPS) is 15.7. The van der Waals surface area contributed by atoms with E-state index in [1.54, 1.807) is 0 Å². The van der Waals surface area contributed by atoms with E-state index in [-0.39, 0.29) is 0 Å². The maximum absolute atomic E-state index is 5.83. The monoisotopic (exact) mass is 290 g/mol.